The van der Waals surface area contributed by atoms with Gasteiger partial charge in [0.2, 0.25) is 5.91 Å². The van der Waals surface area contributed by atoms with Crippen molar-refractivity contribution in [3.05, 3.63) is 114 Å². The lowest BCUT2D eigenvalue weighted by molar-refractivity contribution is -0.111. The van der Waals surface area contributed by atoms with E-state index in [2.05, 4.69) is 10.3 Å². The van der Waals surface area contributed by atoms with E-state index in [1.54, 1.807) is 73.8 Å². The second-order valence-corrected chi connectivity index (χ2v) is 12.2. The minimum atomic E-state index is -4.03. The molecule has 0 spiro atoms. The van der Waals surface area contributed by atoms with Crippen molar-refractivity contribution in [3.63, 3.8) is 0 Å². The number of halogens is 1. The molecule has 0 fully saturated rings. The third-order valence-electron chi connectivity index (χ3n) is 6.87. The molecule has 5 aromatic rings. The lowest BCUT2D eigenvalue weighted by atomic mass is 10.0. The van der Waals surface area contributed by atoms with E-state index in [0.717, 1.165) is 15.1 Å². The number of aromatic nitrogens is 2. The van der Waals surface area contributed by atoms with Gasteiger partial charge < -0.3 is 10.2 Å². The smallest absolute Gasteiger partial charge is 0.269 e. The lowest BCUT2D eigenvalue weighted by Crippen LogP contribution is -2.12. The van der Waals surface area contributed by atoms with E-state index in [-0.39, 0.29) is 22.0 Å². The molecule has 42 heavy (non-hydrogen) atoms. The average Bonchev–Trinajstić information content (AvgIpc) is 3.34. The second kappa shape index (κ2) is 11.7. The maximum Gasteiger partial charge on any atom is 0.269 e. The fourth-order valence-electron chi connectivity index (χ4n) is 4.65. The Morgan fingerprint density at radius 3 is 2.45 bits per heavy atom. The minimum absolute atomic E-state index is 0.107. The Morgan fingerprint density at radius 2 is 1.71 bits per heavy atom. The number of likely N-dealkylation sites (N-methyl/N-ethyl adjacent to an activating group) is 1. The Labute approximate surface area is 245 Å². The molecule has 0 saturated carbocycles. The zero-order valence-corrected chi connectivity index (χ0v) is 24.6. The molecule has 9 heteroatoms. The molecule has 0 unspecified atom stereocenters. The van der Waals surface area contributed by atoms with E-state index < -0.39 is 15.8 Å². The van der Waals surface area contributed by atoms with Crippen LogP contribution in [0.3, 0.4) is 0 Å². The van der Waals surface area contributed by atoms with Crippen LogP contribution in [0.2, 0.25) is 0 Å². The zero-order chi connectivity index (χ0) is 30.0. The van der Waals surface area contributed by atoms with Crippen molar-refractivity contribution in [1.82, 2.24) is 13.9 Å². The molecule has 3 aromatic carbocycles. The van der Waals surface area contributed by atoms with Gasteiger partial charge in [-0.25, -0.2) is 21.8 Å². The average molecular weight is 583 g/mol. The number of aryl methyl sites for hydroxylation is 2. The first-order chi connectivity index (χ1) is 20.0. The molecule has 2 heterocycles. The van der Waals surface area contributed by atoms with Crippen molar-refractivity contribution >= 4 is 32.7 Å². The van der Waals surface area contributed by atoms with Crippen molar-refractivity contribution in [2.24, 2.45) is 0 Å². The quantitative estimate of drug-likeness (QED) is 0.214. The van der Waals surface area contributed by atoms with Gasteiger partial charge in [0.1, 0.15) is 5.82 Å². The van der Waals surface area contributed by atoms with Crippen molar-refractivity contribution in [1.29, 1.82) is 0 Å². The van der Waals surface area contributed by atoms with Crippen LogP contribution in [0.5, 0.6) is 0 Å². The Bertz CT molecular complexity index is 1930. The molecule has 0 saturated heterocycles. The van der Waals surface area contributed by atoms with Crippen molar-refractivity contribution in [3.8, 4) is 22.3 Å². The van der Waals surface area contributed by atoms with Crippen LogP contribution >= 0.6 is 0 Å². The number of carbonyl (C=O) groups is 1. The summed E-state index contributed by atoms with van der Waals surface area (Å²) >= 11 is 0. The summed E-state index contributed by atoms with van der Waals surface area (Å²) in [5.41, 5.74) is 4.28. The molecule has 7 nitrogen and oxygen atoms in total. The van der Waals surface area contributed by atoms with Crippen LogP contribution in [0.4, 0.5) is 10.1 Å². The summed E-state index contributed by atoms with van der Waals surface area (Å²) in [6.45, 7) is 4.19. The molecule has 0 aliphatic rings. The van der Waals surface area contributed by atoms with Gasteiger partial charge in [-0.3, -0.25) is 4.79 Å². The highest BCUT2D eigenvalue weighted by atomic mass is 32.2. The van der Waals surface area contributed by atoms with E-state index in [1.165, 1.54) is 12.3 Å². The van der Waals surface area contributed by atoms with E-state index in [0.29, 0.717) is 34.3 Å². The first-order valence-electron chi connectivity index (χ1n) is 13.4. The summed E-state index contributed by atoms with van der Waals surface area (Å²) in [4.78, 5) is 19.0. The normalized spacial score (nSPS) is 12.0. The topological polar surface area (TPSA) is 84.3 Å². The minimum Gasteiger partial charge on any atom is -0.323 e. The number of amides is 1. The van der Waals surface area contributed by atoms with Crippen LogP contribution in [0, 0.1) is 19.7 Å². The number of fused-ring (bicyclic) bond motifs is 1. The van der Waals surface area contributed by atoms with Gasteiger partial charge in [-0.1, -0.05) is 54.1 Å². The summed E-state index contributed by atoms with van der Waals surface area (Å²) in [6, 6.07) is 20.7. The first-order valence-corrected chi connectivity index (χ1v) is 14.8. The summed E-state index contributed by atoms with van der Waals surface area (Å²) in [7, 11) is -0.192. The highest BCUT2D eigenvalue weighted by Gasteiger charge is 2.24. The van der Waals surface area contributed by atoms with Crippen molar-refractivity contribution in [2.45, 2.75) is 18.7 Å². The number of hydrogen-bond donors (Lipinski definition) is 1. The van der Waals surface area contributed by atoms with Gasteiger partial charge in [0, 0.05) is 52.8 Å². The highest BCUT2D eigenvalue weighted by Crippen LogP contribution is 2.36. The summed E-state index contributed by atoms with van der Waals surface area (Å²) in [5, 5.41) is 3.34. The monoisotopic (exact) mass is 582 g/mol. The summed E-state index contributed by atoms with van der Waals surface area (Å²) < 4.78 is 44.0. The number of pyridine rings is 1. The third kappa shape index (κ3) is 5.88. The molecule has 0 aliphatic heterocycles. The maximum absolute atomic E-state index is 15.4. The molecule has 214 valence electrons. The first kappa shape index (κ1) is 28.9. The third-order valence-corrected chi connectivity index (χ3v) is 8.54. The summed E-state index contributed by atoms with van der Waals surface area (Å²) in [6.07, 6.45) is 6.28. The van der Waals surface area contributed by atoms with Crippen LogP contribution in [-0.4, -0.2) is 48.8 Å². The standard InChI is InChI=1S/C33H31FN4O3S/c1-22-13-15-27(16-14-22)42(40,41)38-21-30(28-11-5-8-23(2)32(28)34)29-19-25(20-35-33(29)38)24-9-6-10-26(18-24)36-31(39)12-7-17-37(3)4/h5-16,18-21H,17H2,1-4H3,(H,36,39). The van der Waals surface area contributed by atoms with Crippen LogP contribution in [0.25, 0.3) is 33.3 Å². The van der Waals surface area contributed by atoms with Gasteiger partial charge >= 0.3 is 0 Å². The molecule has 5 rings (SSSR count). The lowest BCUT2D eigenvalue weighted by Gasteiger charge is -2.09. The number of nitrogens with one attached hydrogen (secondary N) is 1. The maximum atomic E-state index is 15.4. The molecular formula is C33H31FN4O3S. The predicted molar refractivity (Wildman–Crippen MR) is 165 cm³/mol. The number of carbonyl (C=O) groups excluding carboxylic acids is 1. The fourth-order valence-corrected chi connectivity index (χ4v) is 5.97. The van der Waals surface area contributed by atoms with Crippen LogP contribution in [0.1, 0.15) is 11.1 Å². The predicted octanol–water partition coefficient (Wildman–Crippen LogP) is 6.42. The fraction of sp³-hybridized carbons (Fsp3) is 0.152. The Morgan fingerprint density at radius 1 is 0.976 bits per heavy atom. The van der Waals surface area contributed by atoms with E-state index in [1.807, 2.05) is 44.1 Å². The van der Waals surface area contributed by atoms with Crippen LogP contribution in [-0.2, 0) is 14.8 Å². The van der Waals surface area contributed by atoms with Gasteiger partial charge in [0.15, 0.2) is 5.65 Å². The van der Waals surface area contributed by atoms with Gasteiger partial charge in [0.05, 0.1) is 4.90 Å². The molecule has 1 amide bonds. The molecular weight excluding hydrogens is 551 g/mol. The summed E-state index contributed by atoms with van der Waals surface area (Å²) in [5.74, 6) is -0.681. The number of nitrogens with zero attached hydrogens (tertiary/aromatic N) is 3. The van der Waals surface area contributed by atoms with Crippen molar-refractivity contribution < 1.29 is 17.6 Å². The zero-order valence-electron chi connectivity index (χ0n) is 23.8. The molecule has 0 bridgehead atoms. The van der Waals surface area contributed by atoms with E-state index in [4.69, 9.17) is 0 Å². The number of hydrogen-bond acceptors (Lipinski definition) is 5. The Balaban J connectivity index is 1.62. The SMILES string of the molecule is Cc1ccc(S(=O)(=O)n2cc(-c3cccc(C)c3F)c3cc(-c4cccc(NC(=O)C=CCN(C)C)c4)cnc32)cc1. The number of anilines is 1. The van der Waals surface area contributed by atoms with Crippen LogP contribution in [0.15, 0.2) is 102 Å². The van der Waals surface area contributed by atoms with E-state index >= 15 is 4.39 Å². The second-order valence-electron chi connectivity index (χ2n) is 10.4. The number of benzene rings is 3. The molecule has 2 aromatic heterocycles. The van der Waals surface area contributed by atoms with Gasteiger partial charge in [-0.05, 0) is 69.4 Å². The Kier molecular flexibility index (Phi) is 8.06. The van der Waals surface area contributed by atoms with Crippen molar-refractivity contribution in [2.75, 3.05) is 26.0 Å². The number of rotatable bonds is 8. The van der Waals surface area contributed by atoms with E-state index in [9.17, 15) is 13.2 Å². The van der Waals surface area contributed by atoms with Gasteiger partial charge in [-0.2, -0.15) is 0 Å². The molecule has 0 aliphatic carbocycles. The largest absolute Gasteiger partial charge is 0.323 e. The highest BCUT2D eigenvalue weighted by molar-refractivity contribution is 7.90. The van der Waals surface area contributed by atoms with Crippen LogP contribution < -0.4 is 5.32 Å². The van der Waals surface area contributed by atoms with Gasteiger partial charge in [-0.15, -0.1) is 0 Å². The Hall–Kier alpha value is -4.60. The molecule has 0 atom stereocenters. The van der Waals surface area contributed by atoms with Gasteiger partial charge in [0.25, 0.3) is 10.0 Å². The molecule has 1 N–H and O–H groups in total. The molecule has 0 radical (unpaired) electrons.